The summed E-state index contributed by atoms with van der Waals surface area (Å²) in [6.07, 6.45) is 1.93. The van der Waals surface area contributed by atoms with Crippen molar-refractivity contribution in [2.75, 3.05) is 19.3 Å². The number of hydrogen-bond donors (Lipinski definition) is 1. The zero-order chi connectivity index (χ0) is 10.8. The minimum absolute atomic E-state index is 0. The monoisotopic (exact) mass is 219 g/mol. The predicted molar refractivity (Wildman–Crippen MR) is 73.4 cm³/mol. The second-order valence-electron chi connectivity index (χ2n) is 3.81. The molecular weight excluding hydrogens is 198 g/mol. The van der Waals surface area contributed by atoms with Gasteiger partial charge in [0.2, 0.25) is 0 Å². The summed E-state index contributed by atoms with van der Waals surface area (Å²) in [6, 6.07) is 7.90. The van der Waals surface area contributed by atoms with Crippen molar-refractivity contribution < 1.29 is 1.43 Å². The molecular formula is C13H21N3. The molecule has 1 aliphatic heterocycles. The highest BCUT2D eigenvalue weighted by atomic mass is 15.2. The van der Waals surface area contributed by atoms with Gasteiger partial charge in [0.25, 0.3) is 0 Å². The van der Waals surface area contributed by atoms with Gasteiger partial charge in [-0.25, -0.2) is 4.99 Å². The largest absolute Gasteiger partial charge is 0.399 e. The Hall–Kier alpha value is -1.77. The minimum Gasteiger partial charge on any atom is -0.399 e. The summed E-state index contributed by atoms with van der Waals surface area (Å²) in [5.74, 6) is 1.05. The molecule has 2 rings (SSSR count). The molecule has 0 spiro atoms. The maximum atomic E-state index is 5.65. The fourth-order valence-electron chi connectivity index (χ4n) is 1.54. The minimum atomic E-state index is 0. The first-order valence-electron chi connectivity index (χ1n) is 4.97. The van der Waals surface area contributed by atoms with Gasteiger partial charge in [-0.05, 0) is 30.2 Å². The Morgan fingerprint density at radius 3 is 2.50 bits per heavy atom. The number of hydrogen-bond acceptors (Lipinski definition) is 3. The number of aliphatic imine (C=N–C) groups is 1. The van der Waals surface area contributed by atoms with Crippen molar-refractivity contribution in [2.24, 2.45) is 4.99 Å². The summed E-state index contributed by atoms with van der Waals surface area (Å²) in [7, 11) is 2.04. The highest BCUT2D eigenvalue weighted by Crippen LogP contribution is 2.19. The summed E-state index contributed by atoms with van der Waals surface area (Å²) in [6.45, 7) is 2.91. The molecule has 0 saturated heterocycles. The van der Waals surface area contributed by atoms with Gasteiger partial charge in [-0.2, -0.15) is 0 Å². The zero-order valence-corrected chi connectivity index (χ0v) is 9.07. The van der Waals surface area contributed by atoms with Crippen LogP contribution in [0.3, 0.4) is 0 Å². The first-order valence-corrected chi connectivity index (χ1v) is 4.97. The quantitative estimate of drug-likeness (QED) is 0.738. The predicted octanol–water partition coefficient (Wildman–Crippen LogP) is 2.86. The normalized spacial score (nSPS) is 15.0. The topological polar surface area (TPSA) is 41.6 Å². The summed E-state index contributed by atoms with van der Waals surface area (Å²) in [5.41, 5.74) is 8.86. The van der Waals surface area contributed by atoms with Crippen LogP contribution in [0.25, 0.3) is 5.57 Å². The van der Waals surface area contributed by atoms with Crippen LogP contribution in [-0.4, -0.2) is 24.3 Å². The van der Waals surface area contributed by atoms with Crippen LogP contribution in [0.15, 0.2) is 35.5 Å². The summed E-state index contributed by atoms with van der Waals surface area (Å²) in [5, 5.41) is 0. The fourth-order valence-corrected chi connectivity index (χ4v) is 1.54. The Labute approximate surface area is 98.8 Å². The molecule has 3 heteroatoms. The Bertz CT molecular complexity index is 421. The van der Waals surface area contributed by atoms with Crippen LogP contribution in [0.4, 0.5) is 5.69 Å². The lowest BCUT2D eigenvalue weighted by atomic mass is 10.1. The lowest BCUT2D eigenvalue weighted by molar-refractivity contribution is 0.561. The highest BCUT2D eigenvalue weighted by molar-refractivity contribution is 5.85. The number of benzene rings is 1. The number of rotatable bonds is 1. The smallest absolute Gasteiger partial charge is 0.101 e. The molecule has 0 bridgehead atoms. The van der Waals surface area contributed by atoms with Gasteiger partial charge in [0.15, 0.2) is 0 Å². The van der Waals surface area contributed by atoms with Gasteiger partial charge in [0, 0.05) is 26.9 Å². The van der Waals surface area contributed by atoms with Crippen LogP contribution in [0.5, 0.6) is 0 Å². The van der Waals surface area contributed by atoms with Gasteiger partial charge in [-0.3, -0.25) is 0 Å². The van der Waals surface area contributed by atoms with E-state index in [1.807, 2.05) is 44.4 Å². The van der Waals surface area contributed by atoms with E-state index in [0.29, 0.717) is 0 Å². The number of amidine groups is 1. The van der Waals surface area contributed by atoms with Crippen LogP contribution in [0.1, 0.15) is 21.3 Å². The molecule has 2 N–H and O–H groups in total. The number of nitrogens with two attached hydrogens (primary N) is 1. The summed E-state index contributed by atoms with van der Waals surface area (Å²) < 4.78 is 0. The van der Waals surface area contributed by atoms with Crippen molar-refractivity contribution in [3.63, 3.8) is 0 Å². The van der Waals surface area contributed by atoms with E-state index in [-0.39, 0.29) is 8.85 Å². The molecule has 0 radical (unpaired) electrons. The molecule has 1 aromatic rings. The van der Waals surface area contributed by atoms with Crippen LogP contribution in [-0.2, 0) is 0 Å². The van der Waals surface area contributed by atoms with Gasteiger partial charge in [-0.1, -0.05) is 19.6 Å². The van der Waals surface area contributed by atoms with E-state index in [0.717, 1.165) is 18.1 Å². The van der Waals surface area contributed by atoms with E-state index in [2.05, 4.69) is 9.89 Å². The molecule has 3 nitrogen and oxygen atoms in total. The van der Waals surface area contributed by atoms with Crippen LogP contribution < -0.4 is 5.73 Å². The van der Waals surface area contributed by atoms with E-state index in [1.165, 1.54) is 11.1 Å². The van der Waals surface area contributed by atoms with E-state index < -0.39 is 0 Å². The third-order valence-corrected chi connectivity index (χ3v) is 2.65. The Morgan fingerprint density at radius 2 is 1.94 bits per heavy atom. The standard InChI is InChI=1S/C12H15N3.CH4.H2/c1-9-14-7-11(8-15(9)2)10-3-5-12(13)6-4-10;;/h3-7H,8,13H2,1-2H3;1H4;1H. The van der Waals surface area contributed by atoms with Crippen molar-refractivity contribution >= 4 is 17.1 Å². The summed E-state index contributed by atoms with van der Waals surface area (Å²) >= 11 is 0. The molecule has 0 amide bonds. The van der Waals surface area contributed by atoms with Gasteiger partial charge >= 0.3 is 0 Å². The lowest BCUT2D eigenvalue weighted by Crippen LogP contribution is -2.28. The van der Waals surface area contributed by atoms with Gasteiger partial charge in [-0.15, -0.1) is 0 Å². The lowest BCUT2D eigenvalue weighted by Gasteiger charge is -2.23. The van der Waals surface area contributed by atoms with Gasteiger partial charge < -0.3 is 10.6 Å². The van der Waals surface area contributed by atoms with E-state index in [4.69, 9.17) is 5.73 Å². The zero-order valence-electron chi connectivity index (χ0n) is 9.07. The van der Waals surface area contributed by atoms with Crippen LogP contribution in [0, 0.1) is 0 Å². The third kappa shape index (κ3) is 2.42. The number of nitrogen functional groups attached to an aromatic ring is 1. The fraction of sp³-hybridized carbons (Fsp3) is 0.308. The van der Waals surface area contributed by atoms with E-state index >= 15 is 0 Å². The van der Waals surface area contributed by atoms with Crippen molar-refractivity contribution in [1.82, 2.24) is 4.90 Å². The van der Waals surface area contributed by atoms with Crippen molar-refractivity contribution in [3.05, 3.63) is 36.0 Å². The van der Waals surface area contributed by atoms with Gasteiger partial charge in [0.1, 0.15) is 5.84 Å². The average Bonchev–Trinajstić information content (AvgIpc) is 2.23. The van der Waals surface area contributed by atoms with Gasteiger partial charge in [0.05, 0.1) is 0 Å². The molecule has 0 unspecified atom stereocenters. The molecule has 0 aromatic heterocycles. The van der Waals surface area contributed by atoms with E-state index in [1.54, 1.807) is 0 Å². The molecule has 0 saturated carbocycles. The number of likely N-dealkylation sites (N-methyl/N-ethyl adjacent to an activating group) is 1. The third-order valence-electron chi connectivity index (χ3n) is 2.65. The number of anilines is 1. The maximum Gasteiger partial charge on any atom is 0.101 e. The first-order chi connectivity index (χ1) is 7.16. The van der Waals surface area contributed by atoms with Crippen molar-refractivity contribution in [1.29, 1.82) is 0 Å². The Morgan fingerprint density at radius 1 is 1.31 bits per heavy atom. The van der Waals surface area contributed by atoms with E-state index in [9.17, 15) is 0 Å². The Balaban J connectivity index is 0.00000128. The molecule has 0 atom stereocenters. The maximum absolute atomic E-state index is 5.65. The highest BCUT2D eigenvalue weighted by Gasteiger charge is 2.10. The second-order valence-corrected chi connectivity index (χ2v) is 3.81. The molecule has 1 aliphatic rings. The second kappa shape index (κ2) is 4.84. The first kappa shape index (κ1) is 12.3. The van der Waals surface area contributed by atoms with Crippen molar-refractivity contribution in [3.8, 4) is 0 Å². The molecule has 1 aromatic carbocycles. The molecule has 88 valence electrons. The van der Waals surface area contributed by atoms with Crippen LogP contribution in [0.2, 0.25) is 0 Å². The van der Waals surface area contributed by atoms with Crippen molar-refractivity contribution in [2.45, 2.75) is 14.4 Å². The molecule has 1 heterocycles. The molecule has 16 heavy (non-hydrogen) atoms. The average molecular weight is 219 g/mol. The number of nitrogens with zero attached hydrogens (tertiary/aromatic N) is 2. The SMILES string of the molecule is C.CC1=NC=C(c2ccc(N)cc2)CN1C.[HH]. The summed E-state index contributed by atoms with van der Waals surface area (Å²) in [4.78, 5) is 6.47. The molecule has 0 aliphatic carbocycles. The van der Waals surface area contributed by atoms with Crippen LogP contribution >= 0.6 is 0 Å². The Kier molecular flexibility index (Phi) is 3.72. The molecule has 0 fully saturated rings.